The summed E-state index contributed by atoms with van der Waals surface area (Å²) in [7, 11) is 0. The molecule has 5 rings (SSSR count). The number of nitrogens with one attached hydrogen (secondary N) is 3. The largest absolute Gasteiger partial charge is 0.325 e. The van der Waals surface area contributed by atoms with Crippen LogP contribution in [0.5, 0.6) is 0 Å². The highest BCUT2D eigenvalue weighted by Crippen LogP contribution is 2.37. The maximum absolute atomic E-state index is 13.5. The van der Waals surface area contributed by atoms with Crippen LogP contribution in [-0.4, -0.2) is 17.7 Å². The zero-order chi connectivity index (χ0) is 32.5. The average Bonchev–Trinajstić information content (AvgIpc) is 3.07. The average molecular weight is 731 g/mol. The lowest BCUT2D eigenvalue weighted by Gasteiger charge is -2.18. The molecule has 0 heterocycles. The Hall–Kier alpha value is -4.34. The van der Waals surface area contributed by atoms with Crippen molar-refractivity contribution in [3.8, 4) is 0 Å². The van der Waals surface area contributed by atoms with Gasteiger partial charge in [-0.05, 0) is 83.9 Å². The quantitative estimate of drug-likeness (QED) is 0.0987. The fourth-order valence-electron chi connectivity index (χ4n) is 4.30. The van der Waals surface area contributed by atoms with Gasteiger partial charge in [0.2, 0.25) is 5.91 Å². The predicted molar refractivity (Wildman–Crippen MR) is 191 cm³/mol. The molecule has 0 aliphatic heterocycles. The number of benzene rings is 5. The Morgan fingerprint density at radius 2 is 1.33 bits per heavy atom. The van der Waals surface area contributed by atoms with Gasteiger partial charge in [0.25, 0.3) is 11.8 Å². The molecule has 3 amide bonds. The summed E-state index contributed by atoms with van der Waals surface area (Å²) in [5.74, 6) is -1.13. The first kappa shape index (κ1) is 33.0. The minimum atomic E-state index is -0.579. The van der Waals surface area contributed by atoms with Crippen LogP contribution in [0.25, 0.3) is 6.08 Å². The molecule has 0 fully saturated rings. The van der Waals surface area contributed by atoms with Crippen LogP contribution in [0.4, 0.5) is 11.4 Å². The molecule has 0 aromatic heterocycles. The first-order valence-corrected chi connectivity index (χ1v) is 16.4. The molecule has 0 radical (unpaired) electrons. The Morgan fingerprint density at radius 1 is 0.696 bits per heavy atom. The molecular formula is C36H26BrCl2N3O3S. The second-order valence-electron chi connectivity index (χ2n) is 9.93. The summed E-state index contributed by atoms with van der Waals surface area (Å²) in [5.41, 5.74) is 3.11. The van der Waals surface area contributed by atoms with E-state index in [4.69, 9.17) is 23.2 Å². The van der Waals surface area contributed by atoms with Crippen LogP contribution in [-0.2, 0) is 9.59 Å². The standard InChI is InChI=1S/C36H26BrCl2N3O3S/c37-26-13-11-23(12-14-26)21-32(42-34(43)25-9-5-2-6-10-25)35(44)40-27-15-18-29(19-16-27)46-33(24-7-3-1-4-8-24)36(45)41-28-17-20-30(38)31(39)22-28/h1-22,33H,(H,40,44)(H,41,45)(H,42,43)/b32-21-. The highest BCUT2D eigenvalue weighted by Gasteiger charge is 2.23. The van der Waals surface area contributed by atoms with E-state index in [1.54, 1.807) is 60.7 Å². The highest BCUT2D eigenvalue weighted by atomic mass is 79.9. The first-order valence-electron chi connectivity index (χ1n) is 14.0. The zero-order valence-electron chi connectivity index (χ0n) is 24.0. The van der Waals surface area contributed by atoms with Gasteiger partial charge in [-0.3, -0.25) is 14.4 Å². The molecule has 0 aliphatic rings. The van der Waals surface area contributed by atoms with Crippen molar-refractivity contribution in [2.24, 2.45) is 0 Å². The molecule has 10 heteroatoms. The molecule has 0 bridgehead atoms. The van der Waals surface area contributed by atoms with Gasteiger partial charge in [0.15, 0.2) is 0 Å². The van der Waals surface area contributed by atoms with Gasteiger partial charge in [0.1, 0.15) is 10.9 Å². The monoisotopic (exact) mass is 729 g/mol. The molecular weight excluding hydrogens is 705 g/mol. The van der Waals surface area contributed by atoms with E-state index in [9.17, 15) is 14.4 Å². The smallest absolute Gasteiger partial charge is 0.272 e. The second kappa shape index (κ2) is 15.8. The van der Waals surface area contributed by atoms with Crippen LogP contribution in [0.1, 0.15) is 26.7 Å². The van der Waals surface area contributed by atoms with Gasteiger partial charge in [-0.25, -0.2) is 0 Å². The molecule has 5 aromatic rings. The van der Waals surface area contributed by atoms with Gasteiger partial charge in [-0.1, -0.05) is 99.8 Å². The number of carbonyl (C=O) groups is 3. The van der Waals surface area contributed by atoms with E-state index in [2.05, 4.69) is 31.9 Å². The number of anilines is 2. The number of hydrogen-bond acceptors (Lipinski definition) is 4. The summed E-state index contributed by atoms with van der Waals surface area (Å²) in [6, 6.07) is 37.5. The molecule has 0 spiro atoms. The third kappa shape index (κ3) is 9.11. The fourth-order valence-corrected chi connectivity index (χ4v) is 5.89. The summed E-state index contributed by atoms with van der Waals surface area (Å²) in [6.07, 6.45) is 1.61. The van der Waals surface area contributed by atoms with Gasteiger partial charge >= 0.3 is 0 Å². The Labute approximate surface area is 289 Å². The van der Waals surface area contributed by atoms with Crippen molar-refractivity contribution in [2.45, 2.75) is 10.1 Å². The molecule has 6 nitrogen and oxygen atoms in total. The Balaban J connectivity index is 1.32. The van der Waals surface area contributed by atoms with E-state index in [1.165, 1.54) is 11.8 Å². The molecule has 1 unspecified atom stereocenters. The van der Waals surface area contributed by atoms with Crippen LogP contribution in [0, 0.1) is 0 Å². The van der Waals surface area contributed by atoms with Crippen molar-refractivity contribution >= 4 is 86.1 Å². The van der Waals surface area contributed by atoms with Crippen molar-refractivity contribution in [2.75, 3.05) is 10.6 Å². The van der Waals surface area contributed by atoms with E-state index >= 15 is 0 Å². The van der Waals surface area contributed by atoms with E-state index in [-0.39, 0.29) is 11.6 Å². The van der Waals surface area contributed by atoms with Crippen LogP contribution in [0.15, 0.2) is 142 Å². The van der Waals surface area contributed by atoms with Gasteiger partial charge in [-0.2, -0.15) is 0 Å². The molecule has 1 atom stereocenters. The van der Waals surface area contributed by atoms with Crippen molar-refractivity contribution in [3.63, 3.8) is 0 Å². The third-order valence-corrected chi connectivity index (χ3v) is 9.14. The van der Waals surface area contributed by atoms with Gasteiger partial charge < -0.3 is 16.0 Å². The van der Waals surface area contributed by atoms with Gasteiger partial charge in [-0.15, -0.1) is 11.8 Å². The summed E-state index contributed by atoms with van der Waals surface area (Å²) >= 11 is 17.0. The fraction of sp³-hybridized carbons (Fsp3) is 0.0278. The maximum atomic E-state index is 13.5. The third-order valence-electron chi connectivity index (χ3n) is 6.60. The Kier molecular flexibility index (Phi) is 11.3. The lowest BCUT2D eigenvalue weighted by molar-refractivity contribution is -0.116. The van der Waals surface area contributed by atoms with Crippen LogP contribution >= 0.6 is 50.9 Å². The van der Waals surface area contributed by atoms with E-state index in [1.807, 2.05) is 72.8 Å². The minimum Gasteiger partial charge on any atom is -0.325 e. The van der Waals surface area contributed by atoms with Crippen molar-refractivity contribution in [1.82, 2.24) is 5.32 Å². The maximum Gasteiger partial charge on any atom is 0.272 e. The number of carbonyl (C=O) groups excluding carboxylic acids is 3. The SMILES string of the molecule is O=C(Nc1ccc(SC(C(=O)Nc2ccc(Cl)c(Cl)c2)c2ccccc2)cc1)/C(=C/c1ccc(Br)cc1)NC(=O)c1ccccc1. The topological polar surface area (TPSA) is 87.3 Å². The van der Waals surface area contributed by atoms with Crippen LogP contribution in [0.2, 0.25) is 10.0 Å². The van der Waals surface area contributed by atoms with E-state index in [0.717, 1.165) is 20.5 Å². The normalized spacial score (nSPS) is 11.8. The van der Waals surface area contributed by atoms with Gasteiger partial charge in [0.05, 0.1) is 10.0 Å². The molecule has 5 aromatic carbocycles. The Bertz CT molecular complexity index is 1870. The summed E-state index contributed by atoms with van der Waals surface area (Å²) in [5, 5.41) is 8.70. The minimum absolute atomic E-state index is 0.0812. The van der Waals surface area contributed by atoms with E-state index in [0.29, 0.717) is 27.0 Å². The summed E-state index contributed by atoms with van der Waals surface area (Å²) in [4.78, 5) is 40.6. The first-order chi connectivity index (χ1) is 22.2. The predicted octanol–water partition coefficient (Wildman–Crippen LogP) is 9.64. The lowest BCUT2D eigenvalue weighted by Crippen LogP contribution is -2.30. The molecule has 0 saturated heterocycles. The van der Waals surface area contributed by atoms with Gasteiger partial charge in [0, 0.05) is 26.3 Å². The van der Waals surface area contributed by atoms with Crippen molar-refractivity contribution < 1.29 is 14.4 Å². The number of thioether (sulfide) groups is 1. The van der Waals surface area contributed by atoms with E-state index < -0.39 is 17.1 Å². The zero-order valence-corrected chi connectivity index (χ0v) is 28.0. The molecule has 3 N–H and O–H groups in total. The summed E-state index contributed by atoms with van der Waals surface area (Å²) < 4.78 is 0.892. The second-order valence-corrected chi connectivity index (χ2v) is 12.8. The number of hydrogen-bond donors (Lipinski definition) is 3. The number of amides is 3. The van der Waals surface area contributed by atoms with Crippen molar-refractivity contribution in [3.05, 3.63) is 164 Å². The number of rotatable bonds is 10. The van der Waals surface area contributed by atoms with Crippen molar-refractivity contribution in [1.29, 1.82) is 0 Å². The molecule has 46 heavy (non-hydrogen) atoms. The lowest BCUT2D eigenvalue weighted by atomic mass is 10.1. The molecule has 0 saturated carbocycles. The molecule has 230 valence electrons. The van der Waals surface area contributed by atoms with Crippen LogP contribution < -0.4 is 16.0 Å². The number of halogens is 3. The van der Waals surface area contributed by atoms with Crippen LogP contribution in [0.3, 0.4) is 0 Å². The Morgan fingerprint density at radius 3 is 1.98 bits per heavy atom. The summed E-state index contributed by atoms with van der Waals surface area (Å²) in [6.45, 7) is 0. The molecule has 0 aliphatic carbocycles. The highest BCUT2D eigenvalue weighted by molar-refractivity contribution is 9.10.